The monoisotopic (exact) mass is 265 g/mol. The number of nitrogens with one attached hydrogen (secondary N) is 2. The van der Waals surface area contributed by atoms with E-state index in [2.05, 4.69) is 14.9 Å². The van der Waals surface area contributed by atoms with Crippen molar-refractivity contribution in [3.05, 3.63) is 11.9 Å². The Bertz CT molecular complexity index is 467. The molecule has 0 aliphatic carbocycles. The lowest BCUT2D eigenvalue weighted by molar-refractivity contribution is 0.583. The second-order valence-corrected chi connectivity index (χ2v) is 6.79. The summed E-state index contributed by atoms with van der Waals surface area (Å²) in [7, 11) is -4.49. The first-order valence-corrected chi connectivity index (χ1v) is 7.79. The van der Waals surface area contributed by atoms with Gasteiger partial charge in [-0.3, -0.25) is 9.31 Å². The van der Waals surface area contributed by atoms with Gasteiger partial charge >= 0.3 is 0 Å². The maximum atomic E-state index is 11.7. The first-order valence-electron chi connectivity index (χ1n) is 4.82. The van der Waals surface area contributed by atoms with Crippen molar-refractivity contribution >= 4 is 20.8 Å². The lowest BCUT2D eigenvalue weighted by Crippen LogP contribution is -2.28. The van der Waals surface area contributed by atoms with Gasteiger partial charge in [0.05, 0.1) is 11.9 Å². The van der Waals surface area contributed by atoms with Crippen molar-refractivity contribution in [1.29, 1.82) is 0 Å². The van der Waals surface area contributed by atoms with Crippen molar-refractivity contribution in [1.82, 2.24) is 14.9 Å². The molecule has 1 aromatic rings. The van der Waals surface area contributed by atoms with Crippen molar-refractivity contribution < 1.29 is 12.6 Å². The van der Waals surface area contributed by atoms with Crippen molar-refractivity contribution in [2.24, 2.45) is 0 Å². The van der Waals surface area contributed by atoms with Gasteiger partial charge in [-0.05, 0) is 6.92 Å². The van der Waals surface area contributed by atoms with Gasteiger partial charge in [-0.1, -0.05) is 6.92 Å². The standard InChI is InChI=1S/C8H15N3O3S2/c1-3-15(12)5-4-10-16(13,14)8-6-9-11-7(8)2/h6,10H,3-5H2,1-2H3,(H,9,11). The lowest BCUT2D eigenvalue weighted by atomic mass is 10.5. The number of nitrogens with zero attached hydrogens (tertiary/aromatic N) is 1. The smallest absolute Gasteiger partial charge is 0.243 e. The molecule has 92 valence electrons. The Labute approximate surface area is 97.3 Å². The summed E-state index contributed by atoms with van der Waals surface area (Å²) in [6, 6.07) is 0. The van der Waals surface area contributed by atoms with Gasteiger partial charge in [0.2, 0.25) is 10.0 Å². The number of aryl methyl sites for hydroxylation is 1. The van der Waals surface area contributed by atoms with Crippen LogP contribution in [0.5, 0.6) is 0 Å². The fraction of sp³-hybridized carbons (Fsp3) is 0.625. The fourth-order valence-electron chi connectivity index (χ4n) is 1.12. The molecule has 2 N–H and O–H groups in total. The van der Waals surface area contributed by atoms with Crippen LogP contribution in [0.2, 0.25) is 0 Å². The van der Waals surface area contributed by atoms with Crippen LogP contribution in [-0.4, -0.2) is 40.9 Å². The van der Waals surface area contributed by atoms with Crippen LogP contribution in [0.3, 0.4) is 0 Å². The van der Waals surface area contributed by atoms with E-state index in [0.29, 0.717) is 17.2 Å². The first-order chi connectivity index (χ1) is 7.47. The van der Waals surface area contributed by atoms with Gasteiger partial charge in [0.1, 0.15) is 4.90 Å². The zero-order valence-corrected chi connectivity index (χ0v) is 10.8. The molecule has 0 fully saturated rings. The Morgan fingerprint density at radius 1 is 1.56 bits per heavy atom. The van der Waals surface area contributed by atoms with E-state index in [1.807, 2.05) is 0 Å². The number of sulfonamides is 1. The molecule has 0 radical (unpaired) electrons. The summed E-state index contributed by atoms with van der Waals surface area (Å²) in [5.74, 6) is 0.860. The van der Waals surface area contributed by atoms with E-state index in [4.69, 9.17) is 0 Å². The Hall–Kier alpha value is -0.730. The molecule has 1 unspecified atom stereocenters. The lowest BCUT2D eigenvalue weighted by Gasteiger charge is -2.04. The second-order valence-electron chi connectivity index (χ2n) is 3.19. The summed E-state index contributed by atoms with van der Waals surface area (Å²) in [5, 5.41) is 6.20. The van der Waals surface area contributed by atoms with Crippen LogP contribution in [0.15, 0.2) is 11.1 Å². The predicted octanol–water partition coefficient (Wildman–Crippen LogP) is -0.235. The maximum absolute atomic E-state index is 11.7. The molecule has 0 aromatic carbocycles. The highest BCUT2D eigenvalue weighted by atomic mass is 32.2. The minimum atomic E-state index is -3.53. The Morgan fingerprint density at radius 3 is 2.75 bits per heavy atom. The zero-order valence-electron chi connectivity index (χ0n) is 9.19. The molecular weight excluding hydrogens is 250 g/mol. The van der Waals surface area contributed by atoms with E-state index < -0.39 is 20.8 Å². The van der Waals surface area contributed by atoms with Crippen molar-refractivity contribution in [3.63, 3.8) is 0 Å². The molecule has 8 heteroatoms. The van der Waals surface area contributed by atoms with Gasteiger partial charge in [-0.15, -0.1) is 0 Å². The van der Waals surface area contributed by atoms with Crippen LogP contribution in [-0.2, 0) is 20.8 Å². The normalized spacial score (nSPS) is 13.9. The molecular formula is C8H15N3O3S2. The topological polar surface area (TPSA) is 91.9 Å². The molecule has 0 spiro atoms. The molecule has 0 saturated heterocycles. The molecule has 0 saturated carbocycles. The van der Waals surface area contributed by atoms with E-state index in [-0.39, 0.29) is 11.4 Å². The molecule has 1 atom stereocenters. The fourth-order valence-corrected chi connectivity index (χ4v) is 3.04. The minimum absolute atomic E-state index is 0.134. The second kappa shape index (κ2) is 5.55. The summed E-state index contributed by atoms with van der Waals surface area (Å²) in [6.07, 6.45) is 1.26. The van der Waals surface area contributed by atoms with Gasteiger partial charge in [-0.2, -0.15) is 5.10 Å². The Morgan fingerprint density at radius 2 is 2.25 bits per heavy atom. The van der Waals surface area contributed by atoms with Crippen molar-refractivity contribution in [3.8, 4) is 0 Å². The van der Waals surface area contributed by atoms with Crippen molar-refractivity contribution in [2.45, 2.75) is 18.7 Å². The van der Waals surface area contributed by atoms with E-state index >= 15 is 0 Å². The number of aromatic amines is 1. The van der Waals surface area contributed by atoms with Gasteiger partial charge in [0.25, 0.3) is 0 Å². The molecule has 1 heterocycles. The van der Waals surface area contributed by atoms with Crippen LogP contribution < -0.4 is 4.72 Å². The van der Waals surface area contributed by atoms with Crippen LogP contribution in [0.25, 0.3) is 0 Å². The molecule has 6 nitrogen and oxygen atoms in total. The molecule has 0 amide bonds. The maximum Gasteiger partial charge on any atom is 0.243 e. The third kappa shape index (κ3) is 3.39. The average molecular weight is 265 g/mol. The largest absolute Gasteiger partial charge is 0.281 e. The molecule has 16 heavy (non-hydrogen) atoms. The summed E-state index contributed by atoms with van der Waals surface area (Å²) in [6.45, 7) is 3.60. The van der Waals surface area contributed by atoms with E-state index in [1.54, 1.807) is 13.8 Å². The van der Waals surface area contributed by atoms with Crippen LogP contribution >= 0.6 is 0 Å². The number of rotatable bonds is 6. The van der Waals surface area contributed by atoms with Crippen molar-refractivity contribution in [2.75, 3.05) is 18.1 Å². The van der Waals surface area contributed by atoms with Gasteiger partial charge in [0.15, 0.2) is 0 Å². The Kier molecular flexibility index (Phi) is 4.63. The highest BCUT2D eigenvalue weighted by Crippen LogP contribution is 2.09. The number of hydrogen-bond acceptors (Lipinski definition) is 4. The summed E-state index contributed by atoms with van der Waals surface area (Å²) >= 11 is 0. The molecule has 0 aliphatic heterocycles. The van der Waals surface area contributed by atoms with Gasteiger partial charge in [-0.25, -0.2) is 13.1 Å². The molecule has 0 bridgehead atoms. The number of hydrogen-bond donors (Lipinski definition) is 2. The van der Waals surface area contributed by atoms with E-state index in [1.165, 1.54) is 6.20 Å². The highest BCUT2D eigenvalue weighted by Gasteiger charge is 2.17. The summed E-state index contributed by atoms with van der Waals surface area (Å²) in [4.78, 5) is 0.134. The van der Waals surface area contributed by atoms with Crippen LogP contribution in [0.4, 0.5) is 0 Å². The average Bonchev–Trinajstić information content (AvgIpc) is 2.64. The first kappa shape index (κ1) is 13.3. The van der Waals surface area contributed by atoms with Crippen LogP contribution in [0.1, 0.15) is 12.6 Å². The number of H-pyrrole nitrogens is 1. The predicted molar refractivity (Wildman–Crippen MR) is 62.1 cm³/mol. The zero-order chi connectivity index (χ0) is 12.2. The van der Waals surface area contributed by atoms with Crippen LogP contribution in [0, 0.1) is 6.92 Å². The SMILES string of the molecule is CCS(=O)CCNS(=O)(=O)c1cn[nH]c1C. The molecule has 1 aromatic heterocycles. The molecule has 1 rings (SSSR count). The Balaban J connectivity index is 2.60. The van der Waals surface area contributed by atoms with Gasteiger partial charge < -0.3 is 0 Å². The summed E-state index contributed by atoms with van der Waals surface area (Å²) in [5.41, 5.74) is 0.490. The number of aromatic nitrogens is 2. The minimum Gasteiger partial charge on any atom is -0.281 e. The summed E-state index contributed by atoms with van der Waals surface area (Å²) < 4.78 is 36.9. The highest BCUT2D eigenvalue weighted by molar-refractivity contribution is 7.89. The third-order valence-corrected chi connectivity index (χ3v) is 4.90. The third-order valence-electron chi connectivity index (χ3n) is 2.02. The quantitative estimate of drug-likeness (QED) is 0.743. The van der Waals surface area contributed by atoms with E-state index in [0.717, 1.165) is 0 Å². The van der Waals surface area contributed by atoms with Gasteiger partial charge in [0, 0.05) is 28.9 Å². The van der Waals surface area contributed by atoms with E-state index in [9.17, 15) is 12.6 Å². The molecule has 0 aliphatic rings.